The van der Waals surface area contributed by atoms with Crippen LogP contribution in [0.25, 0.3) is 0 Å². The van der Waals surface area contributed by atoms with Crippen LogP contribution in [0.4, 0.5) is 0 Å². The van der Waals surface area contributed by atoms with E-state index in [1.54, 1.807) is 0 Å². The predicted molar refractivity (Wildman–Crippen MR) is 49.0 cm³/mol. The molecule has 7 atom stereocenters. The molecule has 0 aromatic carbocycles. The van der Waals surface area contributed by atoms with Gasteiger partial charge >= 0.3 is 0 Å². The predicted octanol–water partition coefficient (Wildman–Crippen LogP) is -2.06. The zero-order chi connectivity index (χ0) is 10.8. The standard InChI is InChI=1S/C9H16N2O4/c1-5-3-4-6-9(2)8(7(5)14-6)10(12)15-11(9)13/h5-8,10-11H,3-4H2,1-2H3. The lowest BCUT2D eigenvalue weighted by Gasteiger charge is -2.31. The van der Waals surface area contributed by atoms with E-state index in [9.17, 15) is 10.4 Å². The highest BCUT2D eigenvalue weighted by atomic mass is 17.1. The van der Waals surface area contributed by atoms with Gasteiger partial charge in [-0.1, -0.05) is 6.92 Å². The van der Waals surface area contributed by atoms with Crippen LogP contribution in [0.1, 0.15) is 26.7 Å². The lowest BCUT2D eigenvalue weighted by atomic mass is 9.88. The smallest absolute Gasteiger partial charge is 0.213 e. The Morgan fingerprint density at radius 2 is 2.07 bits per heavy atom. The highest BCUT2D eigenvalue weighted by Crippen LogP contribution is 2.40. The number of ether oxygens (including phenoxy) is 1. The number of hydrogen-bond acceptors (Lipinski definition) is 4. The summed E-state index contributed by atoms with van der Waals surface area (Å²) in [5.41, 5.74) is -0.716. The summed E-state index contributed by atoms with van der Waals surface area (Å²) in [4.78, 5) is 4.76. The van der Waals surface area contributed by atoms with Gasteiger partial charge in [0.1, 0.15) is 12.2 Å². The third-order valence-electron chi connectivity index (χ3n) is 4.30. The number of quaternary nitrogens is 2. The first-order valence-electron chi connectivity index (χ1n) is 5.46. The van der Waals surface area contributed by atoms with Crippen LogP contribution in [0, 0.1) is 16.3 Å². The van der Waals surface area contributed by atoms with Crippen LogP contribution in [0.15, 0.2) is 0 Å². The normalized spacial score (nSPS) is 63.2. The molecule has 0 aromatic rings. The Kier molecular flexibility index (Phi) is 1.93. The van der Waals surface area contributed by atoms with Gasteiger partial charge in [-0.2, -0.15) is 10.5 Å². The molecule has 2 N–H and O–H groups in total. The molecule has 2 bridgehead atoms. The van der Waals surface area contributed by atoms with Gasteiger partial charge in [0.05, 0.1) is 0 Å². The molecule has 0 aliphatic carbocycles. The summed E-state index contributed by atoms with van der Waals surface area (Å²) in [6.07, 6.45) is 1.64. The topological polar surface area (TPSA) is 73.5 Å². The van der Waals surface area contributed by atoms with Crippen LogP contribution in [-0.4, -0.2) is 23.8 Å². The van der Waals surface area contributed by atoms with E-state index in [2.05, 4.69) is 6.92 Å². The van der Waals surface area contributed by atoms with Crippen molar-refractivity contribution in [3.8, 4) is 0 Å². The van der Waals surface area contributed by atoms with Gasteiger partial charge < -0.3 is 15.2 Å². The van der Waals surface area contributed by atoms with E-state index < -0.39 is 5.54 Å². The molecule has 0 saturated carbocycles. The minimum Gasteiger partial charge on any atom is -0.595 e. The molecule has 3 aliphatic heterocycles. The summed E-state index contributed by atoms with van der Waals surface area (Å²) >= 11 is 0. The molecule has 3 aliphatic rings. The minimum atomic E-state index is -0.716. The second-order valence-corrected chi connectivity index (χ2v) is 5.11. The van der Waals surface area contributed by atoms with Gasteiger partial charge in [-0.05, 0) is 23.7 Å². The van der Waals surface area contributed by atoms with Crippen LogP contribution < -0.4 is 10.5 Å². The number of hydrogen-bond donors (Lipinski definition) is 2. The zero-order valence-corrected chi connectivity index (χ0v) is 8.86. The number of hydroxylamine groups is 4. The Morgan fingerprint density at radius 1 is 1.33 bits per heavy atom. The Morgan fingerprint density at radius 3 is 2.80 bits per heavy atom. The molecule has 86 valence electrons. The van der Waals surface area contributed by atoms with Crippen molar-refractivity contribution in [2.45, 2.75) is 50.5 Å². The van der Waals surface area contributed by atoms with E-state index in [0.717, 1.165) is 12.8 Å². The second-order valence-electron chi connectivity index (χ2n) is 5.11. The van der Waals surface area contributed by atoms with Crippen molar-refractivity contribution in [2.24, 2.45) is 5.92 Å². The van der Waals surface area contributed by atoms with Crippen molar-refractivity contribution in [3.05, 3.63) is 10.4 Å². The third kappa shape index (κ3) is 1.04. The second kappa shape index (κ2) is 2.91. The van der Waals surface area contributed by atoms with Gasteiger partial charge in [-0.15, -0.1) is 0 Å². The molecule has 6 nitrogen and oxygen atoms in total. The highest BCUT2D eigenvalue weighted by molar-refractivity contribution is 5.05. The van der Waals surface area contributed by atoms with Crippen LogP contribution >= 0.6 is 0 Å². The maximum atomic E-state index is 11.7. The molecule has 0 amide bonds. The van der Waals surface area contributed by atoms with Crippen molar-refractivity contribution in [3.63, 3.8) is 0 Å². The average molecular weight is 216 g/mol. The molecule has 7 unspecified atom stereocenters. The van der Waals surface area contributed by atoms with E-state index in [0.29, 0.717) is 5.92 Å². The van der Waals surface area contributed by atoms with Crippen molar-refractivity contribution in [1.29, 1.82) is 0 Å². The average Bonchev–Trinajstić information content (AvgIpc) is 2.56. The number of fused-ring (bicyclic) bond motifs is 5. The van der Waals surface area contributed by atoms with Crippen LogP contribution in [0.2, 0.25) is 0 Å². The van der Waals surface area contributed by atoms with E-state index in [1.807, 2.05) is 6.92 Å². The van der Waals surface area contributed by atoms with E-state index in [-0.39, 0.29) is 28.7 Å². The summed E-state index contributed by atoms with van der Waals surface area (Å²) in [7, 11) is 0. The maximum Gasteiger partial charge on any atom is 0.213 e. The van der Waals surface area contributed by atoms with Gasteiger partial charge in [0, 0.05) is 6.92 Å². The molecular weight excluding hydrogens is 200 g/mol. The lowest BCUT2D eigenvalue weighted by Crippen LogP contribution is -3.20. The first-order valence-corrected chi connectivity index (χ1v) is 5.46. The molecule has 6 heteroatoms. The molecule has 3 heterocycles. The summed E-state index contributed by atoms with van der Waals surface area (Å²) in [5, 5.41) is 22.6. The molecule has 3 rings (SSSR count). The molecule has 0 aromatic heterocycles. The first-order chi connectivity index (χ1) is 7.05. The molecule has 15 heavy (non-hydrogen) atoms. The van der Waals surface area contributed by atoms with Crippen molar-refractivity contribution < 1.29 is 20.1 Å². The fourth-order valence-corrected chi connectivity index (χ4v) is 3.26. The first kappa shape index (κ1) is 9.95. The Balaban J connectivity index is 2.01. The van der Waals surface area contributed by atoms with Crippen LogP contribution in [0.3, 0.4) is 0 Å². The van der Waals surface area contributed by atoms with Gasteiger partial charge in [0.2, 0.25) is 11.6 Å². The molecule has 3 fully saturated rings. The quantitative estimate of drug-likeness (QED) is 0.457. The Bertz CT molecular complexity index is 289. The number of rotatable bonds is 0. The fraction of sp³-hybridized carbons (Fsp3) is 1.00. The van der Waals surface area contributed by atoms with Crippen LogP contribution in [0.5, 0.6) is 0 Å². The van der Waals surface area contributed by atoms with Crippen molar-refractivity contribution in [2.75, 3.05) is 0 Å². The molecule has 0 radical (unpaired) electrons. The summed E-state index contributed by atoms with van der Waals surface area (Å²) in [6, 6.07) is -0.368. The van der Waals surface area contributed by atoms with Crippen LogP contribution in [-0.2, 0) is 9.68 Å². The van der Waals surface area contributed by atoms with E-state index >= 15 is 0 Å². The molecular formula is C9H16N2O4. The Hall–Kier alpha value is -0.240. The summed E-state index contributed by atoms with van der Waals surface area (Å²) < 4.78 is 5.80. The third-order valence-corrected chi connectivity index (χ3v) is 4.30. The van der Waals surface area contributed by atoms with Gasteiger partial charge in [0.25, 0.3) is 0 Å². The van der Waals surface area contributed by atoms with Gasteiger partial charge in [0.15, 0.2) is 0 Å². The van der Waals surface area contributed by atoms with E-state index in [1.165, 1.54) is 0 Å². The fourth-order valence-electron chi connectivity index (χ4n) is 3.26. The largest absolute Gasteiger partial charge is 0.595 e. The SMILES string of the molecule is CC1CCC2OC1C1[NH+]([O-])O[NH+]([O-])C21C. The minimum absolute atomic E-state index is 0.118. The molecule has 0 spiro atoms. The van der Waals surface area contributed by atoms with Gasteiger partial charge in [-0.3, -0.25) is 0 Å². The highest BCUT2D eigenvalue weighted by Gasteiger charge is 2.70. The van der Waals surface area contributed by atoms with Crippen molar-refractivity contribution in [1.82, 2.24) is 0 Å². The monoisotopic (exact) mass is 216 g/mol. The lowest BCUT2D eigenvalue weighted by molar-refractivity contribution is -1.28. The van der Waals surface area contributed by atoms with Crippen molar-refractivity contribution >= 4 is 0 Å². The van der Waals surface area contributed by atoms with E-state index in [4.69, 9.17) is 9.68 Å². The summed E-state index contributed by atoms with van der Waals surface area (Å²) in [5.74, 6) is 0.339. The molecule has 3 saturated heterocycles. The zero-order valence-electron chi connectivity index (χ0n) is 8.86. The Labute approximate surface area is 87.8 Å². The summed E-state index contributed by atoms with van der Waals surface area (Å²) in [6.45, 7) is 3.89. The number of nitrogens with one attached hydrogen (secondary N) is 2. The maximum absolute atomic E-state index is 11.7. The van der Waals surface area contributed by atoms with Gasteiger partial charge in [-0.25, -0.2) is 0 Å².